The molecule has 3 rings (SSSR count). The largest absolute Gasteiger partial charge is 0.382 e. The first-order valence-electron chi connectivity index (χ1n) is 12.2. The SMILES string of the molecule is C#CC.C=CNc1ncccc1NCC.CCCNCC(C)c1ccc(C#N)cc1.c1ccccc1. The number of hydrogen-bond acceptors (Lipinski definition) is 5. The van der Waals surface area contributed by atoms with Crippen LogP contribution < -0.4 is 16.0 Å². The van der Waals surface area contributed by atoms with Crippen molar-refractivity contribution in [2.24, 2.45) is 0 Å². The molecule has 2 aromatic carbocycles. The number of nitrogens with zero attached hydrogens (tertiary/aromatic N) is 2. The Morgan fingerprint density at radius 2 is 1.61 bits per heavy atom. The van der Waals surface area contributed by atoms with Gasteiger partial charge >= 0.3 is 0 Å². The summed E-state index contributed by atoms with van der Waals surface area (Å²) in [5.74, 6) is 3.57. The first-order valence-corrected chi connectivity index (χ1v) is 12.2. The van der Waals surface area contributed by atoms with Gasteiger partial charge in [0.25, 0.3) is 0 Å². The third-order valence-corrected chi connectivity index (χ3v) is 4.57. The summed E-state index contributed by atoms with van der Waals surface area (Å²) in [7, 11) is 0. The molecule has 1 aromatic heterocycles. The lowest BCUT2D eigenvalue weighted by Crippen LogP contribution is -2.20. The highest BCUT2D eigenvalue weighted by atomic mass is 15.0. The van der Waals surface area contributed by atoms with Crippen LogP contribution >= 0.6 is 0 Å². The van der Waals surface area contributed by atoms with Gasteiger partial charge in [0.2, 0.25) is 0 Å². The van der Waals surface area contributed by atoms with Crippen LogP contribution in [0.2, 0.25) is 0 Å². The Kier molecular flexibility index (Phi) is 20.2. The first kappa shape index (κ1) is 31.9. The lowest BCUT2D eigenvalue weighted by Gasteiger charge is -2.12. The van der Waals surface area contributed by atoms with Crippen molar-refractivity contribution in [3.63, 3.8) is 0 Å². The second kappa shape index (κ2) is 22.7. The van der Waals surface area contributed by atoms with Gasteiger partial charge in [-0.15, -0.1) is 12.3 Å². The number of rotatable bonds is 9. The van der Waals surface area contributed by atoms with E-state index in [2.05, 4.69) is 59.8 Å². The number of aromatic nitrogens is 1. The zero-order valence-corrected chi connectivity index (χ0v) is 22.2. The lowest BCUT2D eigenvalue weighted by atomic mass is 10.00. The van der Waals surface area contributed by atoms with Crippen LogP contribution in [0.5, 0.6) is 0 Å². The summed E-state index contributed by atoms with van der Waals surface area (Å²) in [5, 5.41) is 18.2. The maximum atomic E-state index is 8.68. The van der Waals surface area contributed by atoms with Crippen LogP contribution in [0.1, 0.15) is 51.2 Å². The Morgan fingerprint density at radius 1 is 1.03 bits per heavy atom. The number of anilines is 2. The van der Waals surface area contributed by atoms with Crippen molar-refractivity contribution in [1.29, 1.82) is 5.26 Å². The minimum atomic E-state index is 0.504. The molecule has 0 amide bonds. The Bertz CT molecular complexity index is 975. The number of pyridine rings is 1. The van der Waals surface area contributed by atoms with E-state index < -0.39 is 0 Å². The predicted molar refractivity (Wildman–Crippen MR) is 156 cm³/mol. The Morgan fingerprint density at radius 3 is 2.08 bits per heavy atom. The van der Waals surface area contributed by atoms with E-state index in [1.165, 1.54) is 12.0 Å². The minimum absolute atomic E-state index is 0.504. The molecule has 0 fully saturated rings. The summed E-state index contributed by atoms with van der Waals surface area (Å²) in [5.41, 5.74) is 3.02. The molecule has 0 bridgehead atoms. The molecule has 0 saturated carbocycles. The topological polar surface area (TPSA) is 72.8 Å². The fourth-order valence-electron chi connectivity index (χ4n) is 2.83. The summed E-state index contributed by atoms with van der Waals surface area (Å²) in [6.45, 7) is 14.6. The van der Waals surface area contributed by atoms with Crippen LogP contribution in [-0.2, 0) is 0 Å². The molecular formula is C31H41N5. The van der Waals surface area contributed by atoms with E-state index in [0.29, 0.717) is 5.92 Å². The highest BCUT2D eigenvalue weighted by molar-refractivity contribution is 5.64. The standard InChI is InChI=1S/C13H18N2.C9H13N3.C6H6.C3H4/c1-3-8-15-10-11(2)13-6-4-12(9-14)5-7-13;1-3-10-8-6-5-7-12-9(8)11-4-2;1-2-4-6-5-3-1;1-3-2/h4-7,11,15H,3,8,10H2,1-2H3;4-7,10H,2-3H2,1H3,(H,11,12);1-6H;1H,2H3. The van der Waals surface area contributed by atoms with Gasteiger partial charge in [0.05, 0.1) is 17.3 Å². The van der Waals surface area contributed by atoms with Crippen LogP contribution in [-0.4, -0.2) is 24.6 Å². The lowest BCUT2D eigenvalue weighted by molar-refractivity contribution is 0.609. The summed E-state index contributed by atoms with van der Waals surface area (Å²) in [4.78, 5) is 4.14. The molecule has 0 aliphatic rings. The fourth-order valence-corrected chi connectivity index (χ4v) is 2.83. The van der Waals surface area contributed by atoms with Gasteiger partial charge in [-0.2, -0.15) is 5.26 Å². The van der Waals surface area contributed by atoms with E-state index in [1.807, 2.05) is 79.7 Å². The van der Waals surface area contributed by atoms with Crippen molar-refractivity contribution in [3.8, 4) is 18.4 Å². The zero-order chi connectivity index (χ0) is 26.9. The van der Waals surface area contributed by atoms with Crippen molar-refractivity contribution in [3.05, 3.63) is 103 Å². The zero-order valence-electron chi connectivity index (χ0n) is 22.2. The molecule has 0 aliphatic carbocycles. The van der Waals surface area contributed by atoms with Crippen LogP contribution in [0.25, 0.3) is 0 Å². The Labute approximate surface area is 218 Å². The number of benzene rings is 2. The molecule has 3 N–H and O–H groups in total. The summed E-state index contributed by atoms with van der Waals surface area (Å²) < 4.78 is 0. The van der Waals surface area contributed by atoms with E-state index in [0.717, 1.165) is 36.7 Å². The van der Waals surface area contributed by atoms with Gasteiger partial charge < -0.3 is 16.0 Å². The number of nitrogens with one attached hydrogen (secondary N) is 3. The van der Waals surface area contributed by atoms with Gasteiger partial charge in [0.15, 0.2) is 5.82 Å². The molecule has 5 heteroatoms. The van der Waals surface area contributed by atoms with Gasteiger partial charge in [-0.3, -0.25) is 0 Å². The Hall–Kier alpha value is -4.06. The number of nitriles is 1. The molecule has 0 radical (unpaired) electrons. The molecule has 5 nitrogen and oxygen atoms in total. The maximum Gasteiger partial charge on any atom is 0.153 e. The molecule has 1 heterocycles. The van der Waals surface area contributed by atoms with Crippen molar-refractivity contribution in [2.75, 3.05) is 30.3 Å². The average molecular weight is 484 g/mol. The summed E-state index contributed by atoms with van der Waals surface area (Å²) in [6.07, 6.45) is 9.12. The molecule has 0 saturated heterocycles. The molecule has 3 aromatic rings. The summed E-state index contributed by atoms with van der Waals surface area (Å²) in [6, 6.07) is 25.8. The molecule has 1 unspecified atom stereocenters. The first-order chi connectivity index (χ1) is 17.6. The van der Waals surface area contributed by atoms with Crippen molar-refractivity contribution < 1.29 is 0 Å². The fraction of sp³-hybridized carbons (Fsp3) is 0.290. The molecular weight excluding hydrogens is 442 g/mol. The third-order valence-electron chi connectivity index (χ3n) is 4.57. The normalized spacial score (nSPS) is 9.61. The van der Waals surface area contributed by atoms with E-state index in [-0.39, 0.29) is 0 Å². The van der Waals surface area contributed by atoms with Crippen LogP contribution in [0.15, 0.2) is 91.8 Å². The minimum Gasteiger partial charge on any atom is -0.382 e. The smallest absolute Gasteiger partial charge is 0.153 e. The monoisotopic (exact) mass is 483 g/mol. The molecule has 36 heavy (non-hydrogen) atoms. The highest BCUT2D eigenvalue weighted by Crippen LogP contribution is 2.17. The van der Waals surface area contributed by atoms with Gasteiger partial charge in [-0.25, -0.2) is 4.98 Å². The highest BCUT2D eigenvalue weighted by Gasteiger charge is 2.04. The second-order valence-corrected chi connectivity index (χ2v) is 7.56. The van der Waals surface area contributed by atoms with E-state index in [1.54, 1.807) is 19.3 Å². The number of terminal acetylenes is 1. The second-order valence-electron chi connectivity index (χ2n) is 7.56. The van der Waals surface area contributed by atoms with E-state index >= 15 is 0 Å². The van der Waals surface area contributed by atoms with Crippen molar-refractivity contribution in [2.45, 2.75) is 40.0 Å². The third kappa shape index (κ3) is 15.7. The van der Waals surface area contributed by atoms with Gasteiger partial charge in [0.1, 0.15) is 0 Å². The van der Waals surface area contributed by atoms with Crippen molar-refractivity contribution in [1.82, 2.24) is 10.3 Å². The van der Waals surface area contributed by atoms with Crippen LogP contribution in [0.3, 0.4) is 0 Å². The average Bonchev–Trinajstić information content (AvgIpc) is 2.92. The van der Waals surface area contributed by atoms with Gasteiger partial charge in [-0.1, -0.05) is 69.0 Å². The van der Waals surface area contributed by atoms with Gasteiger partial charge in [-0.05, 0) is 68.8 Å². The van der Waals surface area contributed by atoms with E-state index in [9.17, 15) is 0 Å². The summed E-state index contributed by atoms with van der Waals surface area (Å²) >= 11 is 0. The Balaban J connectivity index is 0.000000516. The number of hydrogen-bond donors (Lipinski definition) is 3. The predicted octanol–water partition coefficient (Wildman–Crippen LogP) is 7.06. The van der Waals surface area contributed by atoms with Crippen molar-refractivity contribution >= 4 is 11.5 Å². The van der Waals surface area contributed by atoms with Crippen LogP contribution in [0, 0.1) is 23.7 Å². The molecule has 0 aliphatic heterocycles. The maximum absolute atomic E-state index is 8.68. The van der Waals surface area contributed by atoms with E-state index in [4.69, 9.17) is 5.26 Å². The molecule has 1 atom stereocenters. The van der Waals surface area contributed by atoms with Gasteiger partial charge in [0, 0.05) is 19.3 Å². The molecule has 0 spiro atoms. The quantitative estimate of drug-likeness (QED) is 0.224. The molecule has 190 valence electrons. The van der Waals surface area contributed by atoms with Crippen LogP contribution in [0.4, 0.5) is 11.5 Å².